The van der Waals surface area contributed by atoms with Crippen molar-refractivity contribution in [2.45, 2.75) is 42.7 Å². The van der Waals surface area contributed by atoms with E-state index in [4.69, 9.17) is 16.3 Å². The number of rotatable bonds is 5. The molecule has 6 rings (SSSR count). The highest BCUT2D eigenvalue weighted by molar-refractivity contribution is 7.99. The van der Waals surface area contributed by atoms with Crippen molar-refractivity contribution < 1.29 is 27.1 Å². The molecule has 1 atom stereocenters. The van der Waals surface area contributed by atoms with E-state index in [1.54, 1.807) is 9.80 Å². The summed E-state index contributed by atoms with van der Waals surface area (Å²) in [6, 6.07) is 4.49. The van der Waals surface area contributed by atoms with Crippen molar-refractivity contribution in [3.05, 3.63) is 63.8 Å². The number of amides is 1. The molecule has 1 amide bonds. The summed E-state index contributed by atoms with van der Waals surface area (Å²) < 4.78 is 65.9. The summed E-state index contributed by atoms with van der Waals surface area (Å²) in [5, 5.41) is -0.136. The number of anilines is 1. The molecule has 2 aliphatic heterocycles. The van der Waals surface area contributed by atoms with Crippen molar-refractivity contribution in [2.24, 2.45) is 0 Å². The van der Waals surface area contributed by atoms with E-state index in [1.165, 1.54) is 34.5 Å². The molecule has 0 radical (unpaired) electrons. The van der Waals surface area contributed by atoms with Gasteiger partial charge in [0.05, 0.1) is 34.9 Å². The number of carbonyl (C=O) groups is 1. The zero-order valence-electron chi connectivity index (χ0n) is 21.7. The lowest BCUT2D eigenvalue weighted by molar-refractivity contribution is -0.137. The lowest BCUT2D eigenvalue weighted by Crippen LogP contribution is -2.49. The minimum absolute atomic E-state index is 0.0657. The van der Waals surface area contributed by atoms with E-state index in [0.717, 1.165) is 25.0 Å². The summed E-state index contributed by atoms with van der Waals surface area (Å²) in [5.41, 5.74) is -1.31. The number of carbonyl (C=O) groups excluding carboxylic acids is 1. The fourth-order valence-corrected chi connectivity index (χ4v) is 6.81. The Balaban J connectivity index is 1.59. The number of alkyl halides is 3. The maximum atomic E-state index is 14.8. The Hall–Kier alpha value is -3.09. The van der Waals surface area contributed by atoms with E-state index in [9.17, 15) is 27.2 Å². The minimum atomic E-state index is -4.79. The predicted molar refractivity (Wildman–Crippen MR) is 149 cm³/mol. The monoisotopic (exact) mass is 608 g/mol. The number of piperazine rings is 1. The van der Waals surface area contributed by atoms with E-state index >= 15 is 0 Å². The van der Waals surface area contributed by atoms with Crippen LogP contribution in [0.4, 0.5) is 23.4 Å². The molecule has 0 spiro atoms. The molecule has 1 unspecified atom stereocenters. The standard InChI is InChI=1S/C28H25ClF4N4O3S/c1-2-22(38)35-7-9-36(10-8-35)26-18-12-19(28(31,32)33)23(15-3-6-21(30)20(29)11-15)25-24(18)37(27(39)34-26)13-17(14-41-25)40-16-4-5-16/h2-3,6,11-12,16-17H,1,4-5,7-10,13-14H2. The molecular weight excluding hydrogens is 584 g/mol. The van der Waals surface area contributed by atoms with Crippen molar-refractivity contribution >= 4 is 46.0 Å². The summed E-state index contributed by atoms with van der Waals surface area (Å²) in [5.74, 6) is -0.553. The molecule has 1 saturated heterocycles. The van der Waals surface area contributed by atoms with Gasteiger partial charge in [-0.25, -0.2) is 9.18 Å². The molecule has 3 aliphatic rings. The van der Waals surface area contributed by atoms with E-state index in [-0.39, 0.29) is 63.9 Å². The maximum Gasteiger partial charge on any atom is 0.417 e. The Morgan fingerprint density at radius 3 is 2.51 bits per heavy atom. The van der Waals surface area contributed by atoms with Gasteiger partial charge in [0.25, 0.3) is 0 Å². The van der Waals surface area contributed by atoms with Gasteiger partial charge in [-0.1, -0.05) is 24.2 Å². The van der Waals surface area contributed by atoms with Gasteiger partial charge in [0.15, 0.2) is 0 Å². The third kappa shape index (κ3) is 5.32. The summed E-state index contributed by atoms with van der Waals surface area (Å²) in [4.78, 5) is 33.5. The molecule has 2 aromatic carbocycles. The molecule has 0 N–H and O–H groups in total. The van der Waals surface area contributed by atoms with Gasteiger partial charge in [-0.3, -0.25) is 9.36 Å². The first-order valence-corrected chi connectivity index (χ1v) is 14.5. The molecular formula is C28H25ClF4N4O3S. The van der Waals surface area contributed by atoms with Crippen LogP contribution in [0.15, 0.2) is 46.6 Å². The van der Waals surface area contributed by atoms with Gasteiger partial charge in [-0.15, -0.1) is 11.8 Å². The first-order valence-electron chi connectivity index (χ1n) is 13.1. The molecule has 1 aliphatic carbocycles. The van der Waals surface area contributed by atoms with Crippen molar-refractivity contribution in [3.63, 3.8) is 0 Å². The van der Waals surface area contributed by atoms with Gasteiger partial charge in [0.2, 0.25) is 5.91 Å². The average Bonchev–Trinajstić information content (AvgIpc) is 3.78. The van der Waals surface area contributed by atoms with Gasteiger partial charge in [-0.2, -0.15) is 18.2 Å². The van der Waals surface area contributed by atoms with Crippen LogP contribution in [0.5, 0.6) is 0 Å². The van der Waals surface area contributed by atoms with E-state index in [1.807, 2.05) is 0 Å². The van der Waals surface area contributed by atoms with Gasteiger partial charge in [-0.05, 0) is 42.7 Å². The highest BCUT2D eigenvalue weighted by Crippen LogP contribution is 2.49. The Bertz CT molecular complexity index is 1620. The van der Waals surface area contributed by atoms with E-state index < -0.39 is 29.4 Å². The Morgan fingerprint density at radius 2 is 1.88 bits per heavy atom. The summed E-state index contributed by atoms with van der Waals surface area (Å²) >= 11 is 7.20. The molecule has 2 fully saturated rings. The van der Waals surface area contributed by atoms with Gasteiger partial charge in [0.1, 0.15) is 11.6 Å². The Labute approximate surface area is 241 Å². The van der Waals surface area contributed by atoms with E-state index in [0.29, 0.717) is 24.4 Å². The van der Waals surface area contributed by atoms with Crippen LogP contribution >= 0.6 is 23.4 Å². The molecule has 216 valence electrons. The van der Waals surface area contributed by atoms with Gasteiger partial charge < -0.3 is 14.5 Å². The van der Waals surface area contributed by atoms with Crippen molar-refractivity contribution in [2.75, 3.05) is 36.8 Å². The van der Waals surface area contributed by atoms with E-state index in [2.05, 4.69) is 11.6 Å². The molecule has 3 aromatic rings. The van der Waals surface area contributed by atoms with Crippen LogP contribution in [0, 0.1) is 5.82 Å². The number of benzene rings is 2. The fraction of sp³-hybridized carbons (Fsp3) is 0.393. The molecule has 0 bridgehead atoms. The quantitative estimate of drug-likeness (QED) is 0.287. The highest BCUT2D eigenvalue weighted by atomic mass is 35.5. The number of thioether (sulfide) groups is 1. The van der Waals surface area contributed by atoms with Crippen molar-refractivity contribution in [1.29, 1.82) is 0 Å². The molecule has 7 nitrogen and oxygen atoms in total. The molecule has 41 heavy (non-hydrogen) atoms. The number of hydrogen-bond acceptors (Lipinski definition) is 6. The number of aromatic nitrogens is 2. The van der Waals surface area contributed by atoms with Crippen molar-refractivity contribution in [3.8, 4) is 11.1 Å². The topological polar surface area (TPSA) is 67.7 Å². The first-order chi connectivity index (χ1) is 19.5. The lowest BCUT2D eigenvalue weighted by Gasteiger charge is -2.35. The smallest absolute Gasteiger partial charge is 0.372 e. The number of nitrogens with zero attached hydrogens (tertiary/aromatic N) is 4. The first kappa shape index (κ1) is 28.0. The second-order valence-electron chi connectivity index (χ2n) is 10.3. The number of hydrogen-bond donors (Lipinski definition) is 0. The summed E-state index contributed by atoms with van der Waals surface area (Å²) in [7, 11) is 0. The van der Waals surface area contributed by atoms with Crippen molar-refractivity contribution in [1.82, 2.24) is 14.5 Å². The molecule has 3 heterocycles. The largest absolute Gasteiger partial charge is 0.417 e. The second kappa shape index (κ2) is 10.6. The zero-order chi connectivity index (χ0) is 29.1. The van der Waals surface area contributed by atoms with Gasteiger partial charge >= 0.3 is 11.9 Å². The molecule has 1 saturated carbocycles. The number of ether oxygens (including phenoxy) is 1. The van der Waals surface area contributed by atoms with Crippen LogP contribution in [0.25, 0.3) is 22.0 Å². The number of halogens is 5. The van der Waals surface area contributed by atoms with Crippen LogP contribution in [0.2, 0.25) is 5.02 Å². The zero-order valence-corrected chi connectivity index (χ0v) is 23.3. The van der Waals surface area contributed by atoms with Crippen LogP contribution in [0.1, 0.15) is 18.4 Å². The predicted octanol–water partition coefficient (Wildman–Crippen LogP) is 5.36. The lowest BCUT2D eigenvalue weighted by atomic mass is 9.96. The summed E-state index contributed by atoms with van der Waals surface area (Å²) in [6.45, 7) is 4.79. The minimum Gasteiger partial charge on any atom is -0.372 e. The summed E-state index contributed by atoms with van der Waals surface area (Å²) in [6.07, 6.45) is -2.13. The van der Waals surface area contributed by atoms with Crippen LogP contribution in [-0.2, 0) is 22.3 Å². The normalized spacial score (nSPS) is 19.4. The third-order valence-electron chi connectivity index (χ3n) is 7.49. The van der Waals surface area contributed by atoms with Gasteiger partial charge in [0, 0.05) is 47.8 Å². The third-order valence-corrected chi connectivity index (χ3v) is 9.00. The highest BCUT2D eigenvalue weighted by Gasteiger charge is 2.39. The second-order valence-corrected chi connectivity index (χ2v) is 11.7. The van der Waals surface area contributed by atoms with Crippen LogP contribution < -0.4 is 10.6 Å². The molecule has 1 aromatic heterocycles. The average molecular weight is 609 g/mol. The SMILES string of the molecule is C=CC(=O)N1CCN(c2nc(=O)n3c4c(c(-c5ccc(F)c(Cl)c5)c(C(F)(F)F)cc24)SCC(OC2CC2)C3)CC1. The Kier molecular flexibility index (Phi) is 7.27. The van der Waals surface area contributed by atoms with Crippen LogP contribution in [-0.4, -0.2) is 64.5 Å². The fourth-order valence-electron chi connectivity index (χ4n) is 5.36. The van der Waals surface area contributed by atoms with Crippen LogP contribution in [0.3, 0.4) is 0 Å². The maximum absolute atomic E-state index is 14.8. The molecule has 13 heteroatoms. The Morgan fingerprint density at radius 1 is 1.15 bits per heavy atom.